The van der Waals surface area contributed by atoms with Gasteiger partial charge in [0.15, 0.2) is 0 Å². The molecule has 0 amide bonds. The van der Waals surface area contributed by atoms with Gasteiger partial charge in [0.05, 0.1) is 13.7 Å². The zero-order chi connectivity index (χ0) is 12.7. The van der Waals surface area contributed by atoms with Gasteiger partial charge in [-0.1, -0.05) is 30.3 Å². The van der Waals surface area contributed by atoms with E-state index < -0.39 is 11.9 Å². The molecule has 0 fully saturated rings. The Labute approximate surface area is 99.8 Å². The van der Waals surface area contributed by atoms with Crippen LogP contribution < -0.4 is 0 Å². The lowest BCUT2D eigenvalue weighted by atomic mass is 10.1. The number of methoxy groups -OCH3 is 1. The highest BCUT2D eigenvalue weighted by Gasteiger charge is 2.19. The largest absolute Gasteiger partial charge is 0.465 e. The summed E-state index contributed by atoms with van der Waals surface area (Å²) in [4.78, 5) is 23.0. The van der Waals surface area contributed by atoms with Gasteiger partial charge in [-0.3, -0.25) is 0 Å². The molecule has 0 atom stereocenters. The van der Waals surface area contributed by atoms with Gasteiger partial charge in [0.2, 0.25) is 0 Å². The van der Waals surface area contributed by atoms with Crippen molar-refractivity contribution in [3.8, 4) is 0 Å². The van der Waals surface area contributed by atoms with Gasteiger partial charge in [0.25, 0.3) is 0 Å². The second-order valence-corrected chi connectivity index (χ2v) is 3.18. The van der Waals surface area contributed by atoms with Crippen LogP contribution >= 0.6 is 0 Å². The smallest absolute Gasteiger partial charge is 0.345 e. The molecule has 0 heterocycles. The Bertz CT molecular complexity index is 420. The van der Waals surface area contributed by atoms with Crippen LogP contribution in [0.2, 0.25) is 0 Å². The Balaban J connectivity index is 3.02. The summed E-state index contributed by atoms with van der Waals surface area (Å²) in [7, 11) is 1.22. The maximum absolute atomic E-state index is 11.6. The molecule has 0 spiro atoms. The second kappa shape index (κ2) is 6.48. The molecule has 0 aromatic heterocycles. The number of rotatable bonds is 4. The van der Waals surface area contributed by atoms with E-state index in [1.54, 1.807) is 19.1 Å². The van der Waals surface area contributed by atoms with E-state index in [0.29, 0.717) is 0 Å². The first-order chi connectivity index (χ1) is 8.19. The fraction of sp³-hybridized carbons (Fsp3) is 0.231. The van der Waals surface area contributed by atoms with Gasteiger partial charge in [-0.2, -0.15) is 0 Å². The first kappa shape index (κ1) is 13.0. The van der Waals surface area contributed by atoms with E-state index in [1.807, 2.05) is 18.2 Å². The van der Waals surface area contributed by atoms with E-state index in [0.717, 1.165) is 5.56 Å². The lowest BCUT2D eigenvalue weighted by Crippen LogP contribution is -2.17. The van der Waals surface area contributed by atoms with Gasteiger partial charge in [-0.25, -0.2) is 9.59 Å². The van der Waals surface area contributed by atoms with Crippen molar-refractivity contribution >= 4 is 18.0 Å². The van der Waals surface area contributed by atoms with Crippen LogP contribution in [0.3, 0.4) is 0 Å². The molecule has 4 nitrogen and oxygen atoms in total. The number of esters is 2. The van der Waals surface area contributed by atoms with Crippen molar-refractivity contribution in [2.45, 2.75) is 6.92 Å². The molecule has 0 saturated carbocycles. The molecule has 4 heteroatoms. The first-order valence-corrected chi connectivity index (χ1v) is 5.21. The molecular weight excluding hydrogens is 220 g/mol. The lowest BCUT2D eigenvalue weighted by Gasteiger charge is -2.04. The molecule has 0 radical (unpaired) electrons. The van der Waals surface area contributed by atoms with Crippen molar-refractivity contribution in [2.24, 2.45) is 0 Å². The van der Waals surface area contributed by atoms with Crippen LogP contribution in [0.5, 0.6) is 0 Å². The molecule has 1 rings (SSSR count). The zero-order valence-electron chi connectivity index (χ0n) is 9.80. The van der Waals surface area contributed by atoms with Crippen LogP contribution in [0.4, 0.5) is 0 Å². The standard InChI is InChI=1S/C13H14O4/c1-3-17-13(15)11(12(14)16-2)9-10-7-5-4-6-8-10/h4-9H,3H2,1-2H3/b11-9+. The number of benzene rings is 1. The summed E-state index contributed by atoms with van der Waals surface area (Å²) < 4.78 is 9.34. The molecule has 0 aliphatic heterocycles. The van der Waals surface area contributed by atoms with Crippen molar-refractivity contribution in [1.29, 1.82) is 0 Å². The van der Waals surface area contributed by atoms with Crippen molar-refractivity contribution in [3.63, 3.8) is 0 Å². The number of hydrogen-bond donors (Lipinski definition) is 0. The van der Waals surface area contributed by atoms with E-state index in [1.165, 1.54) is 13.2 Å². The van der Waals surface area contributed by atoms with Crippen LogP contribution in [0.15, 0.2) is 35.9 Å². The maximum atomic E-state index is 11.6. The summed E-state index contributed by atoms with van der Waals surface area (Å²) >= 11 is 0. The quantitative estimate of drug-likeness (QED) is 0.345. The zero-order valence-corrected chi connectivity index (χ0v) is 9.80. The Morgan fingerprint density at radius 1 is 1.18 bits per heavy atom. The van der Waals surface area contributed by atoms with Gasteiger partial charge in [0, 0.05) is 0 Å². The van der Waals surface area contributed by atoms with E-state index in [9.17, 15) is 9.59 Å². The summed E-state index contributed by atoms with van der Waals surface area (Å²) in [5.74, 6) is -1.38. The Hall–Kier alpha value is -2.10. The molecule has 17 heavy (non-hydrogen) atoms. The highest BCUT2D eigenvalue weighted by atomic mass is 16.5. The van der Waals surface area contributed by atoms with Gasteiger partial charge in [-0.15, -0.1) is 0 Å². The molecule has 0 aliphatic carbocycles. The highest BCUT2D eigenvalue weighted by Crippen LogP contribution is 2.09. The molecule has 0 bridgehead atoms. The molecule has 1 aromatic rings. The Morgan fingerprint density at radius 2 is 1.82 bits per heavy atom. The SMILES string of the molecule is CCOC(=O)/C(=C/c1ccccc1)C(=O)OC. The molecule has 0 N–H and O–H groups in total. The normalized spacial score (nSPS) is 10.8. The topological polar surface area (TPSA) is 52.6 Å². The molecular formula is C13H14O4. The van der Waals surface area contributed by atoms with Crippen molar-refractivity contribution in [1.82, 2.24) is 0 Å². The van der Waals surface area contributed by atoms with Crippen LogP contribution in [-0.4, -0.2) is 25.7 Å². The summed E-state index contributed by atoms with van der Waals surface area (Å²) in [6, 6.07) is 9.03. The third-order valence-corrected chi connectivity index (χ3v) is 2.01. The van der Waals surface area contributed by atoms with Crippen LogP contribution in [-0.2, 0) is 19.1 Å². The third-order valence-electron chi connectivity index (χ3n) is 2.01. The fourth-order valence-corrected chi connectivity index (χ4v) is 1.24. The monoisotopic (exact) mass is 234 g/mol. The third kappa shape index (κ3) is 3.75. The Kier molecular flexibility index (Phi) is 4.94. The van der Waals surface area contributed by atoms with Crippen molar-refractivity contribution in [3.05, 3.63) is 41.5 Å². The minimum atomic E-state index is -0.702. The van der Waals surface area contributed by atoms with Gasteiger partial charge in [-0.05, 0) is 18.6 Å². The molecule has 0 saturated heterocycles. The lowest BCUT2D eigenvalue weighted by molar-refractivity contribution is -0.145. The van der Waals surface area contributed by atoms with Crippen molar-refractivity contribution < 1.29 is 19.1 Å². The van der Waals surface area contributed by atoms with Crippen LogP contribution in [0.25, 0.3) is 6.08 Å². The fourth-order valence-electron chi connectivity index (χ4n) is 1.24. The minimum absolute atomic E-state index is 0.111. The van der Waals surface area contributed by atoms with E-state index in [4.69, 9.17) is 4.74 Å². The first-order valence-electron chi connectivity index (χ1n) is 5.21. The number of carbonyl (C=O) groups is 2. The number of ether oxygens (including phenoxy) is 2. The molecule has 0 unspecified atom stereocenters. The molecule has 1 aromatic carbocycles. The predicted octanol–water partition coefficient (Wildman–Crippen LogP) is 1.81. The average Bonchev–Trinajstić information content (AvgIpc) is 2.36. The Morgan fingerprint density at radius 3 is 2.35 bits per heavy atom. The van der Waals surface area contributed by atoms with Gasteiger partial charge in [0.1, 0.15) is 5.57 Å². The summed E-state index contributed by atoms with van der Waals surface area (Å²) in [6.07, 6.45) is 1.45. The summed E-state index contributed by atoms with van der Waals surface area (Å²) in [5, 5.41) is 0. The molecule has 90 valence electrons. The second-order valence-electron chi connectivity index (χ2n) is 3.18. The van der Waals surface area contributed by atoms with Gasteiger partial charge >= 0.3 is 11.9 Å². The van der Waals surface area contributed by atoms with Crippen molar-refractivity contribution in [2.75, 3.05) is 13.7 Å². The predicted molar refractivity (Wildman–Crippen MR) is 63.1 cm³/mol. The maximum Gasteiger partial charge on any atom is 0.345 e. The summed E-state index contributed by atoms with van der Waals surface area (Å²) in [5.41, 5.74) is 0.626. The number of hydrogen-bond acceptors (Lipinski definition) is 4. The van der Waals surface area contributed by atoms with E-state index in [2.05, 4.69) is 4.74 Å². The number of carbonyl (C=O) groups excluding carboxylic acids is 2. The summed E-state index contributed by atoms with van der Waals surface area (Å²) in [6.45, 7) is 1.89. The van der Waals surface area contributed by atoms with Crippen LogP contribution in [0.1, 0.15) is 12.5 Å². The van der Waals surface area contributed by atoms with Gasteiger partial charge < -0.3 is 9.47 Å². The van der Waals surface area contributed by atoms with E-state index in [-0.39, 0.29) is 12.2 Å². The van der Waals surface area contributed by atoms with E-state index >= 15 is 0 Å². The minimum Gasteiger partial charge on any atom is -0.465 e. The molecule has 0 aliphatic rings. The van der Waals surface area contributed by atoms with Crippen LogP contribution in [0, 0.1) is 0 Å². The highest BCUT2D eigenvalue weighted by molar-refractivity contribution is 6.17. The average molecular weight is 234 g/mol.